The van der Waals surface area contributed by atoms with E-state index in [1.165, 1.54) is 0 Å². The van der Waals surface area contributed by atoms with Crippen molar-refractivity contribution in [2.45, 2.75) is 12.8 Å². The second kappa shape index (κ2) is 3.70. The SMILES string of the molecule is O=Cc1cc(C(F)(F)F)nc(CO)n1. The number of halogens is 3. The fourth-order valence-corrected chi connectivity index (χ4v) is 0.794. The van der Waals surface area contributed by atoms with Gasteiger partial charge in [0.2, 0.25) is 0 Å². The molecule has 14 heavy (non-hydrogen) atoms. The van der Waals surface area contributed by atoms with Crippen molar-refractivity contribution in [3.05, 3.63) is 23.3 Å². The summed E-state index contributed by atoms with van der Waals surface area (Å²) in [5.74, 6) is -0.429. The maximum atomic E-state index is 12.1. The molecule has 1 aromatic rings. The van der Waals surface area contributed by atoms with Crippen molar-refractivity contribution in [3.8, 4) is 0 Å². The Labute approximate surface area is 76.4 Å². The van der Waals surface area contributed by atoms with Crippen molar-refractivity contribution < 1.29 is 23.1 Å². The summed E-state index contributed by atoms with van der Waals surface area (Å²) in [5.41, 5.74) is -1.64. The minimum absolute atomic E-state index is 0.163. The van der Waals surface area contributed by atoms with Gasteiger partial charge in [0.1, 0.15) is 18.0 Å². The average molecular weight is 206 g/mol. The van der Waals surface area contributed by atoms with Crippen LogP contribution in [-0.4, -0.2) is 21.4 Å². The summed E-state index contributed by atoms with van der Waals surface area (Å²) in [6.07, 6.45) is -4.49. The minimum atomic E-state index is -4.65. The van der Waals surface area contributed by atoms with Crippen LogP contribution in [-0.2, 0) is 12.8 Å². The van der Waals surface area contributed by atoms with Gasteiger partial charge in [-0.25, -0.2) is 9.97 Å². The molecule has 1 heterocycles. The quantitative estimate of drug-likeness (QED) is 0.727. The number of carbonyl (C=O) groups excluding carboxylic acids is 1. The Morgan fingerprint density at radius 1 is 1.43 bits per heavy atom. The molecule has 0 spiro atoms. The van der Waals surface area contributed by atoms with Gasteiger partial charge in [-0.1, -0.05) is 0 Å². The van der Waals surface area contributed by atoms with E-state index in [1.807, 2.05) is 0 Å². The van der Waals surface area contributed by atoms with E-state index in [4.69, 9.17) is 5.11 Å². The van der Waals surface area contributed by atoms with Crippen molar-refractivity contribution in [3.63, 3.8) is 0 Å². The highest BCUT2D eigenvalue weighted by Gasteiger charge is 2.33. The number of carbonyl (C=O) groups is 1. The molecule has 0 bridgehead atoms. The Balaban J connectivity index is 3.24. The first-order valence-corrected chi connectivity index (χ1v) is 3.48. The monoisotopic (exact) mass is 206 g/mol. The van der Waals surface area contributed by atoms with Crippen LogP contribution in [0.15, 0.2) is 6.07 Å². The number of alkyl halides is 3. The first kappa shape index (κ1) is 10.6. The number of aliphatic hydroxyl groups excluding tert-OH is 1. The zero-order valence-electron chi connectivity index (χ0n) is 6.75. The Morgan fingerprint density at radius 3 is 2.50 bits per heavy atom. The summed E-state index contributed by atoms with van der Waals surface area (Å²) in [6, 6.07) is 0.520. The second-order valence-corrected chi connectivity index (χ2v) is 2.37. The van der Waals surface area contributed by atoms with E-state index in [1.54, 1.807) is 0 Å². The number of aromatic nitrogens is 2. The molecule has 1 rings (SSSR count). The van der Waals surface area contributed by atoms with E-state index in [9.17, 15) is 18.0 Å². The zero-order chi connectivity index (χ0) is 10.8. The lowest BCUT2D eigenvalue weighted by molar-refractivity contribution is -0.141. The molecule has 0 aliphatic carbocycles. The van der Waals surface area contributed by atoms with Gasteiger partial charge < -0.3 is 5.11 Å². The van der Waals surface area contributed by atoms with Crippen LogP contribution in [0, 0.1) is 0 Å². The Hall–Kier alpha value is -1.50. The molecule has 7 heteroatoms. The van der Waals surface area contributed by atoms with Crippen LogP contribution in [0.3, 0.4) is 0 Å². The molecule has 0 aromatic carbocycles. The molecule has 0 saturated heterocycles. The molecule has 0 aliphatic heterocycles. The molecule has 0 aliphatic rings. The summed E-state index contributed by atoms with van der Waals surface area (Å²) < 4.78 is 36.4. The summed E-state index contributed by atoms with van der Waals surface area (Å²) >= 11 is 0. The lowest BCUT2D eigenvalue weighted by Crippen LogP contribution is -2.12. The van der Waals surface area contributed by atoms with Crippen LogP contribution in [0.5, 0.6) is 0 Å². The van der Waals surface area contributed by atoms with Crippen LogP contribution < -0.4 is 0 Å². The standard InChI is InChI=1S/C7H5F3N2O2/c8-7(9,10)5-1-4(2-13)11-6(3-14)12-5/h1-2,14H,3H2. The van der Waals surface area contributed by atoms with Gasteiger partial charge in [0.25, 0.3) is 0 Å². The number of aldehydes is 1. The van der Waals surface area contributed by atoms with Crippen LogP contribution in [0.4, 0.5) is 13.2 Å². The van der Waals surface area contributed by atoms with Crippen LogP contribution in [0.25, 0.3) is 0 Å². The lowest BCUT2D eigenvalue weighted by Gasteiger charge is -2.06. The van der Waals surface area contributed by atoms with Gasteiger partial charge in [-0.3, -0.25) is 4.79 Å². The Kier molecular flexibility index (Phi) is 2.80. The predicted molar refractivity (Wildman–Crippen MR) is 38.3 cm³/mol. The summed E-state index contributed by atoms with van der Waals surface area (Å²) in [4.78, 5) is 16.6. The molecule has 0 saturated carbocycles. The molecule has 1 N–H and O–H groups in total. The maximum Gasteiger partial charge on any atom is 0.433 e. The highest BCUT2D eigenvalue weighted by atomic mass is 19.4. The number of aliphatic hydroxyl groups is 1. The second-order valence-electron chi connectivity index (χ2n) is 2.37. The third-order valence-electron chi connectivity index (χ3n) is 1.34. The van der Waals surface area contributed by atoms with Gasteiger partial charge in [-0.15, -0.1) is 0 Å². The smallest absolute Gasteiger partial charge is 0.388 e. The van der Waals surface area contributed by atoms with Crippen LogP contribution in [0.1, 0.15) is 22.0 Å². The van der Waals surface area contributed by atoms with E-state index in [-0.39, 0.29) is 6.29 Å². The normalized spacial score (nSPS) is 11.4. The molecular formula is C7H5F3N2O2. The van der Waals surface area contributed by atoms with Gasteiger partial charge in [-0.2, -0.15) is 13.2 Å². The number of hydrogen-bond acceptors (Lipinski definition) is 4. The highest BCUT2D eigenvalue weighted by molar-refractivity contribution is 5.71. The van der Waals surface area contributed by atoms with E-state index in [2.05, 4.69) is 9.97 Å². The Morgan fingerprint density at radius 2 is 2.07 bits per heavy atom. The van der Waals surface area contributed by atoms with Gasteiger partial charge in [-0.05, 0) is 6.07 Å². The van der Waals surface area contributed by atoms with Crippen molar-refractivity contribution in [2.24, 2.45) is 0 Å². The first-order chi connectivity index (χ1) is 6.47. The third kappa shape index (κ3) is 2.25. The highest BCUT2D eigenvalue weighted by Crippen LogP contribution is 2.27. The molecule has 0 fully saturated rings. The zero-order valence-corrected chi connectivity index (χ0v) is 6.75. The van der Waals surface area contributed by atoms with Gasteiger partial charge >= 0.3 is 6.18 Å². The molecule has 0 radical (unpaired) electrons. The maximum absolute atomic E-state index is 12.1. The van der Waals surface area contributed by atoms with Crippen LogP contribution in [0.2, 0.25) is 0 Å². The first-order valence-electron chi connectivity index (χ1n) is 3.48. The van der Waals surface area contributed by atoms with Gasteiger partial charge in [0.05, 0.1) is 0 Å². The fourth-order valence-electron chi connectivity index (χ4n) is 0.794. The minimum Gasteiger partial charge on any atom is -0.388 e. The molecule has 76 valence electrons. The molecule has 0 amide bonds. The molecular weight excluding hydrogens is 201 g/mol. The van der Waals surface area contributed by atoms with Crippen molar-refractivity contribution >= 4 is 6.29 Å². The van der Waals surface area contributed by atoms with E-state index < -0.39 is 30.0 Å². The molecule has 1 aromatic heterocycles. The summed E-state index contributed by atoms with van der Waals surface area (Å²) in [7, 11) is 0. The number of hydrogen-bond donors (Lipinski definition) is 1. The van der Waals surface area contributed by atoms with Crippen molar-refractivity contribution in [1.82, 2.24) is 9.97 Å². The third-order valence-corrected chi connectivity index (χ3v) is 1.34. The van der Waals surface area contributed by atoms with E-state index in [0.29, 0.717) is 6.07 Å². The largest absolute Gasteiger partial charge is 0.433 e. The topological polar surface area (TPSA) is 63.1 Å². The van der Waals surface area contributed by atoms with Gasteiger partial charge in [0, 0.05) is 0 Å². The Bertz CT molecular complexity index is 351. The number of rotatable bonds is 2. The molecule has 4 nitrogen and oxygen atoms in total. The lowest BCUT2D eigenvalue weighted by atomic mass is 10.3. The van der Waals surface area contributed by atoms with E-state index in [0.717, 1.165) is 0 Å². The molecule has 0 unspecified atom stereocenters. The average Bonchev–Trinajstić information content (AvgIpc) is 2.15. The van der Waals surface area contributed by atoms with E-state index >= 15 is 0 Å². The van der Waals surface area contributed by atoms with Crippen LogP contribution >= 0.6 is 0 Å². The van der Waals surface area contributed by atoms with Crippen molar-refractivity contribution in [1.29, 1.82) is 0 Å². The number of nitrogens with zero attached hydrogens (tertiary/aromatic N) is 2. The summed E-state index contributed by atoms with van der Waals surface area (Å²) in [6.45, 7) is -0.745. The fraction of sp³-hybridized carbons (Fsp3) is 0.286. The van der Waals surface area contributed by atoms with Gasteiger partial charge in [0.15, 0.2) is 12.1 Å². The predicted octanol–water partition coefficient (Wildman–Crippen LogP) is 0.800. The van der Waals surface area contributed by atoms with Crippen molar-refractivity contribution in [2.75, 3.05) is 0 Å². The molecule has 0 atom stereocenters. The summed E-state index contributed by atoms with van der Waals surface area (Å²) in [5, 5.41) is 8.54.